The number of benzene rings is 1. The molecule has 0 aliphatic rings. The molecule has 0 unspecified atom stereocenters. The molecule has 3 rings (SSSR count). The number of aryl methyl sites for hydroxylation is 1. The maximum Gasteiger partial charge on any atom is 0.153 e. The van der Waals surface area contributed by atoms with Crippen LogP contribution in [0.3, 0.4) is 0 Å². The van der Waals surface area contributed by atoms with E-state index in [0.29, 0.717) is 6.54 Å². The Hall–Kier alpha value is -2.13. The Morgan fingerprint density at radius 3 is 2.89 bits per heavy atom. The van der Waals surface area contributed by atoms with Gasteiger partial charge in [0.2, 0.25) is 0 Å². The van der Waals surface area contributed by atoms with Gasteiger partial charge in [0.1, 0.15) is 11.3 Å². The van der Waals surface area contributed by atoms with Gasteiger partial charge in [-0.05, 0) is 36.2 Å². The van der Waals surface area contributed by atoms with Gasteiger partial charge in [0, 0.05) is 18.1 Å². The Morgan fingerprint density at radius 1 is 1.22 bits per heavy atom. The summed E-state index contributed by atoms with van der Waals surface area (Å²) >= 11 is 0. The quantitative estimate of drug-likeness (QED) is 0.745. The van der Waals surface area contributed by atoms with Crippen LogP contribution in [0.5, 0.6) is 0 Å². The fourth-order valence-electron chi connectivity index (χ4n) is 2.07. The number of pyridine rings is 1. The molecule has 90 valence electrons. The SMILES string of the molecule is Cc1cccc2cc(-c3cc(CN)ccn3)oc12. The highest BCUT2D eigenvalue weighted by molar-refractivity contribution is 5.84. The third kappa shape index (κ3) is 1.79. The first-order valence-corrected chi connectivity index (χ1v) is 5.92. The molecular formula is C15H14N2O. The van der Waals surface area contributed by atoms with Gasteiger partial charge in [-0.2, -0.15) is 0 Å². The molecule has 0 saturated carbocycles. The first-order valence-electron chi connectivity index (χ1n) is 5.92. The molecular weight excluding hydrogens is 224 g/mol. The molecule has 0 atom stereocenters. The van der Waals surface area contributed by atoms with Gasteiger partial charge in [0.15, 0.2) is 5.76 Å². The van der Waals surface area contributed by atoms with Gasteiger partial charge in [-0.1, -0.05) is 18.2 Å². The summed E-state index contributed by atoms with van der Waals surface area (Å²) in [6.45, 7) is 2.55. The van der Waals surface area contributed by atoms with E-state index in [9.17, 15) is 0 Å². The normalized spacial score (nSPS) is 11.0. The van der Waals surface area contributed by atoms with E-state index in [1.165, 1.54) is 0 Å². The minimum absolute atomic E-state index is 0.509. The van der Waals surface area contributed by atoms with Crippen LogP contribution in [0.15, 0.2) is 47.0 Å². The van der Waals surface area contributed by atoms with E-state index in [2.05, 4.69) is 4.98 Å². The van der Waals surface area contributed by atoms with E-state index in [1.54, 1.807) is 6.20 Å². The Balaban J connectivity index is 2.16. The lowest BCUT2D eigenvalue weighted by molar-refractivity contribution is 0.626. The van der Waals surface area contributed by atoms with Crippen LogP contribution >= 0.6 is 0 Å². The maximum absolute atomic E-state index is 5.88. The van der Waals surface area contributed by atoms with Crippen LogP contribution < -0.4 is 5.73 Å². The first-order chi connectivity index (χ1) is 8.78. The summed E-state index contributed by atoms with van der Waals surface area (Å²) in [6, 6.07) is 12.0. The lowest BCUT2D eigenvalue weighted by Gasteiger charge is -1.99. The van der Waals surface area contributed by atoms with Gasteiger partial charge in [0.25, 0.3) is 0 Å². The van der Waals surface area contributed by atoms with Crippen molar-refractivity contribution in [1.82, 2.24) is 4.98 Å². The molecule has 1 aromatic carbocycles. The minimum Gasteiger partial charge on any atom is -0.454 e. The number of hydrogen-bond donors (Lipinski definition) is 1. The van der Waals surface area contributed by atoms with Crippen molar-refractivity contribution in [3.8, 4) is 11.5 Å². The Morgan fingerprint density at radius 2 is 2.11 bits per heavy atom. The van der Waals surface area contributed by atoms with Crippen molar-refractivity contribution in [2.45, 2.75) is 13.5 Å². The average molecular weight is 238 g/mol. The molecule has 3 heteroatoms. The number of rotatable bonds is 2. The van der Waals surface area contributed by atoms with Gasteiger partial charge in [0.05, 0.1) is 0 Å². The zero-order chi connectivity index (χ0) is 12.5. The number of nitrogens with two attached hydrogens (primary N) is 1. The highest BCUT2D eigenvalue weighted by atomic mass is 16.3. The Labute approximate surface area is 105 Å². The summed E-state index contributed by atoms with van der Waals surface area (Å²) < 4.78 is 5.88. The number of para-hydroxylation sites is 1. The van der Waals surface area contributed by atoms with E-state index in [0.717, 1.165) is 33.6 Å². The molecule has 0 spiro atoms. The molecule has 3 nitrogen and oxygen atoms in total. The van der Waals surface area contributed by atoms with Crippen molar-refractivity contribution < 1.29 is 4.42 Å². The summed E-state index contributed by atoms with van der Waals surface area (Å²) in [5.74, 6) is 0.787. The summed E-state index contributed by atoms with van der Waals surface area (Å²) in [7, 11) is 0. The zero-order valence-corrected chi connectivity index (χ0v) is 10.2. The molecule has 0 amide bonds. The number of fused-ring (bicyclic) bond motifs is 1. The van der Waals surface area contributed by atoms with Crippen LogP contribution in [0.4, 0.5) is 0 Å². The summed E-state index contributed by atoms with van der Waals surface area (Å²) in [5, 5.41) is 1.10. The van der Waals surface area contributed by atoms with Crippen LogP contribution in [0.25, 0.3) is 22.4 Å². The molecule has 0 bridgehead atoms. The molecule has 0 aliphatic heterocycles. The molecule has 3 aromatic rings. The number of aromatic nitrogens is 1. The largest absolute Gasteiger partial charge is 0.454 e. The molecule has 0 radical (unpaired) electrons. The zero-order valence-electron chi connectivity index (χ0n) is 10.2. The third-order valence-corrected chi connectivity index (χ3v) is 3.05. The highest BCUT2D eigenvalue weighted by Crippen LogP contribution is 2.28. The molecule has 0 fully saturated rings. The molecule has 2 heterocycles. The van der Waals surface area contributed by atoms with Crippen molar-refractivity contribution in [3.05, 3.63) is 53.7 Å². The Kier molecular flexibility index (Phi) is 2.61. The number of hydrogen-bond acceptors (Lipinski definition) is 3. The monoisotopic (exact) mass is 238 g/mol. The van der Waals surface area contributed by atoms with Gasteiger partial charge in [-0.15, -0.1) is 0 Å². The summed E-state index contributed by atoms with van der Waals surface area (Å²) in [6.07, 6.45) is 1.76. The fraction of sp³-hybridized carbons (Fsp3) is 0.133. The molecule has 2 N–H and O–H groups in total. The highest BCUT2D eigenvalue weighted by Gasteiger charge is 2.09. The molecule has 2 aromatic heterocycles. The predicted molar refractivity (Wildman–Crippen MR) is 72.1 cm³/mol. The molecule has 18 heavy (non-hydrogen) atoms. The van der Waals surface area contributed by atoms with Crippen molar-refractivity contribution in [2.24, 2.45) is 5.73 Å². The van der Waals surface area contributed by atoms with Crippen molar-refractivity contribution in [3.63, 3.8) is 0 Å². The smallest absolute Gasteiger partial charge is 0.153 e. The minimum atomic E-state index is 0.509. The van der Waals surface area contributed by atoms with Crippen molar-refractivity contribution >= 4 is 11.0 Å². The first kappa shape index (κ1) is 11.0. The third-order valence-electron chi connectivity index (χ3n) is 3.05. The van der Waals surface area contributed by atoms with Crippen LogP contribution in [0.1, 0.15) is 11.1 Å². The topological polar surface area (TPSA) is 52.0 Å². The standard InChI is InChI=1S/C15H14N2O/c1-10-3-2-4-12-8-14(18-15(10)12)13-7-11(9-16)5-6-17-13/h2-8H,9,16H2,1H3. The van der Waals surface area contributed by atoms with E-state index < -0.39 is 0 Å². The number of furan rings is 1. The Bertz CT molecular complexity index is 701. The summed E-state index contributed by atoms with van der Waals surface area (Å²) in [4.78, 5) is 4.33. The van der Waals surface area contributed by atoms with E-state index in [4.69, 9.17) is 10.2 Å². The number of nitrogens with zero attached hydrogens (tertiary/aromatic N) is 1. The second-order valence-electron chi connectivity index (χ2n) is 4.36. The lowest BCUT2D eigenvalue weighted by Crippen LogP contribution is -1.96. The van der Waals surface area contributed by atoms with Gasteiger partial charge >= 0.3 is 0 Å². The van der Waals surface area contributed by atoms with Crippen molar-refractivity contribution in [1.29, 1.82) is 0 Å². The van der Waals surface area contributed by atoms with E-state index >= 15 is 0 Å². The van der Waals surface area contributed by atoms with Gasteiger partial charge in [-0.3, -0.25) is 4.98 Å². The van der Waals surface area contributed by atoms with Crippen molar-refractivity contribution in [2.75, 3.05) is 0 Å². The van der Waals surface area contributed by atoms with Crippen LogP contribution in [0.2, 0.25) is 0 Å². The summed E-state index contributed by atoms with van der Waals surface area (Å²) in [5.41, 5.74) is 9.57. The van der Waals surface area contributed by atoms with Gasteiger partial charge < -0.3 is 10.2 Å². The predicted octanol–water partition coefficient (Wildman–Crippen LogP) is 3.26. The van der Waals surface area contributed by atoms with Crippen LogP contribution in [-0.4, -0.2) is 4.98 Å². The van der Waals surface area contributed by atoms with Crippen LogP contribution in [0, 0.1) is 6.92 Å². The van der Waals surface area contributed by atoms with Gasteiger partial charge in [-0.25, -0.2) is 0 Å². The van der Waals surface area contributed by atoms with E-state index in [1.807, 2.05) is 43.3 Å². The molecule has 0 aliphatic carbocycles. The second-order valence-corrected chi connectivity index (χ2v) is 4.36. The second kappa shape index (κ2) is 4.27. The fourth-order valence-corrected chi connectivity index (χ4v) is 2.07. The van der Waals surface area contributed by atoms with E-state index in [-0.39, 0.29) is 0 Å². The maximum atomic E-state index is 5.88. The lowest BCUT2D eigenvalue weighted by atomic mass is 10.1. The average Bonchev–Trinajstić information content (AvgIpc) is 2.84. The molecule has 0 saturated heterocycles. The van der Waals surface area contributed by atoms with Crippen LogP contribution in [-0.2, 0) is 6.54 Å².